The molecule has 1 atom stereocenters. The van der Waals surface area contributed by atoms with Crippen LogP contribution in [0.4, 0.5) is 8.78 Å². The molecule has 1 unspecified atom stereocenters. The highest BCUT2D eigenvalue weighted by atomic mass is 35.5. The van der Waals surface area contributed by atoms with Gasteiger partial charge in [0.2, 0.25) is 10.0 Å². The van der Waals surface area contributed by atoms with Crippen LogP contribution in [0.3, 0.4) is 0 Å². The van der Waals surface area contributed by atoms with Crippen molar-refractivity contribution in [3.8, 4) is 0 Å². The number of nitrogens with zero attached hydrogens (tertiary/aromatic N) is 5. The third-order valence-electron chi connectivity index (χ3n) is 6.75. The minimum absolute atomic E-state index is 0.0682. The van der Waals surface area contributed by atoms with Gasteiger partial charge in [0.25, 0.3) is 0 Å². The SMILES string of the molecule is CCOC(=O)C1=C(C2CCN(S(=O)(=O)c3cnn(C)c3)CC2)NC(c2nccs2)=NC1c1ccc(F)c(F)c1Cl. The van der Waals surface area contributed by atoms with Gasteiger partial charge in [-0.15, -0.1) is 11.3 Å². The number of hydrogen-bond acceptors (Lipinski definition) is 9. The van der Waals surface area contributed by atoms with Crippen LogP contribution in [-0.2, 0) is 26.6 Å². The number of carbonyl (C=O) groups excluding carboxylic acids is 1. The maximum absolute atomic E-state index is 14.6. The first-order chi connectivity index (χ1) is 19.1. The summed E-state index contributed by atoms with van der Waals surface area (Å²) in [5.41, 5.74) is 0.653. The molecule has 5 rings (SSSR count). The van der Waals surface area contributed by atoms with Gasteiger partial charge in [0.15, 0.2) is 22.5 Å². The van der Waals surface area contributed by atoms with Crippen molar-refractivity contribution in [1.82, 2.24) is 24.4 Å². The molecule has 1 aromatic carbocycles. The Hall–Kier alpha value is -3.20. The Labute approximate surface area is 238 Å². The second-order valence-electron chi connectivity index (χ2n) is 9.18. The van der Waals surface area contributed by atoms with Crippen molar-refractivity contribution in [2.75, 3.05) is 19.7 Å². The smallest absolute Gasteiger partial charge is 0.338 e. The molecule has 0 saturated carbocycles. The fourth-order valence-electron chi connectivity index (χ4n) is 4.81. The van der Waals surface area contributed by atoms with E-state index >= 15 is 0 Å². The van der Waals surface area contributed by atoms with E-state index in [0.717, 1.165) is 6.07 Å². The van der Waals surface area contributed by atoms with Crippen molar-refractivity contribution in [3.63, 3.8) is 0 Å². The Morgan fingerprint density at radius 3 is 2.65 bits per heavy atom. The van der Waals surface area contributed by atoms with E-state index < -0.39 is 38.7 Å². The van der Waals surface area contributed by atoms with Gasteiger partial charge in [-0.1, -0.05) is 17.7 Å². The van der Waals surface area contributed by atoms with E-state index in [-0.39, 0.29) is 41.6 Å². The summed E-state index contributed by atoms with van der Waals surface area (Å²) in [6.07, 6.45) is 5.08. The van der Waals surface area contributed by atoms with E-state index in [1.54, 1.807) is 25.5 Å². The Kier molecular flexibility index (Phi) is 8.04. The molecule has 1 N–H and O–H groups in total. The van der Waals surface area contributed by atoms with E-state index in [0.29, 0.717) is 29.4 Å². The molecule has 1 saturated heterocycles. The monoisotopic (exact) mass is 610 g/mol. The average molecular weight is 611 g/mol. The van der Waals surface area contributed by atoms with Crippen molar-refractivity contribution in [2.24, 2.45) is 18.0 Å². The highest BCUT2D eigenvalue weighted by Gasteiger charge is 2.39. The summed E-state index contributed by atoms with van der Waals surface area (Å²) < 4.78 is 63.0. The third-order valence-corrected chi connectivity index (χ3v) is 9.76. The summed E-state index contributed by atoms with van der Waals surface area (Å²) in [6.45, 7) is 2.09. The van der Waals surface area contributed by atoms with Gasteiger partial charge in [0.05, 0.1) is 23.4 Å². The number of esters is 1. The molecule has 1 fully saturated rings. The molecule has 2 aliphatic heterocycles. The number of aryl methyl sites for hydroxylation is 1. The maximum Gasteiger partial charge on any atom is 0.338 e. The number of benzene rings is 1. The minimum atomic E-state index is -3.75. The Balaban J connectivity index is 1.55. The zero-order valence-electron chi connectivity index (χ0n) is 21.5. The van der Waals surface area contributed by atoms with E-state index in [1.165, 1.54) is 38.8 Å². The van der Waals surface area contributed by atoms with Gasteiger partial charge in [-0.3, -0.25) is 9.67 Å². The van der Waals surface area contributed by atoms with Crippen LogP contribution in [0.5, 0.6) is 0 Å². The molecule has 2 aliphatic rings. The van der Waals surface area contributed by atoms with Crippen molar-refractivity contribution in [3.05, 3.63) is 74.6 Å². The Morgan fingerprint density at radius 1 is 1.27 bits per heavy atom. The quantitative estimate of drug-likeness (QED) is 0.319. The van der Waals surface area contributed by atoms with E-state index in [9.17, 15) is 22.0 Å². The molecule has 212 valence electrons. The van der Waals surface area contributed by atoms with Crippen LogP contribution in [0.25, 0.3) is 0 Å². The molecule has 10 nitrogen and oxygen atoms in total. The lowest BCUT2D eigenvalue weighted by molar-refractivity contribution is -0.139. The lowest BCUT2D eigenvalue weighted by Crippen LogP contribution is -2.43. The van der Waals surface area contributed by atoms with Crippen LogP contribution in [-0.4, -0.2) is 59.0 Å². The number of nitrogens with one attached hydrogen (secondary N) is 1. The van der Waals surface area contributed by atoms with Crippen LogP contribution in [0, 0.1) is 17.6 Å². The average Bonchev–Trinajstić information content (AvgIpc) is 3.64. The molecule has 0 bridgehead atoms. The zero-order chi connectivity index (χ0) is 28.6. The van der Waals surface area contributed by atoms with Crippen LogP contribution in [0.15, 0.2) is 57.3 Å². The first-order valence-corrected chi connectivity index (χ1v) is 15.1. The standard InChI is InChI=1S/C25H25ClF2N6O4S2/c1-3-38-25(35)18-21(14-6-9-34(10-7-14)40(36,37)15-12-30-33(2)13-15)31-23(24-29-8-11-39-24)32-22(18)16-4-5-17(27)20(28)19(16)26/h4-5,8,11-14,22H,3,6-7,9-10H2,1-2H3,(H,31,32). The van der Waals surface area contributed by atoms with Crippen LogP contribution < -0.4 is 5.32 Å². The Bertz CT molecular complexity index is 1600. The Morgan fingerprint density at radius 2 is 2.02 bits per heavy atom. The van der Waals surface area contributed by atoms with Crippen LogP contribution >= 0.6 is 22.9 Å². The number of rotatable bonds is 7. The molecule has 3 aromatic rings. The molecule has 2 aromatic heterocycles. The molecular formula is C25H25ClF2N6O4S2. The number of sulfonamides is 1. The van der Waals surface area contributed by atoms with Crippen molar-refractivity contribution in [2.45, 2.75) is 30.7 Å². The lowest BCUT2D eigenvalue weighted by Gasteiger charge is -2.36. The highest BCUT2D eigenvalue weighted by molar-refractivity contribution is 7.89. The number of carbonyl (C=O) groups is 1. The van der Waals surface area contributed by atoms with Gasteiger partial charge in [-0.05, 0) is 25.8 Å². The summed E-state index contributed by atoms with van der Waals surface area (Å²) in [7, 11) is -2.11. The zero-order valence-corrected chi connectivity index (χ0v) is 23.9. The van der Waals surface area contributed by atoms with Gasteiger partial charge >= 0.3 is 5.97 Å². The number of aliphatic imine (C=N–C) groups is 1. The maximum atomic E-state index is 14.6. The summed E-state index contributed by atoms with van der Waals surface area (Å²) in [5, 5.41) is 8.97. The van der Waals surface area contributed by atoms with Crippen molar-refractivity contribution >= 4 is 44.8 Å². The second kappa shape index (κ2) is 11.4. The fraction of sp³-hybridized carbons (Fsp3) is 0.360. The van der Waals surface area contributed by atoms with Crippen LogP contribution in [0.2, 0.25) is 5.02 Å². The number of ether oxygens (including phenoxy) is 1. The van der Waals surface area contributed by atoms with E-state index in [2.05, 4.69) is 20.4 Å². The minimum Gasteiger partial charge on any atom is -0.463 e. The van der Waals surface area contributed by atoms with E-state index in [4.69, 9.17) is 16.3 Å². The largest absolute Gasteiger partial charge is 0.463 e. The summed E-state index contributed by atoms with van der Waals surface area (Å²) in [6, 6.07) is 1.11. The number of piperidine rings is 1. The van der Waals surface area contributed by atoms with Gasteiger partial charge in [-0.2, -0.15) is 9.40 Å². The molecule has 0 aliphatic carbocycles. The molecule has 40 heavy (non-hydrogen) atoms. The first-order valence-electron chi connectivity index (χ1n) is 12.4. The number of aromatic nitrogens is 3. The molecule has 0 spiro atoms. The molecule has 15 heteroatoms. The predicted octanol–water partition coefficient (Wildman–Crippen LogP) is 3.82. The van der Waals surface area contributed by atoms with Gasteiger partial charge in [-0.25, -0.2) is 27.0 Å². The van der Waals surface area contributed by atoms with Crippen LogP contribution in [0.1, 0.15) is 36.4 Å². The summed E-state index contributed by atoms with van der Waals surface area (Å²) in [4.78, 5) is 22.4. The highest BCUT2D eigenvalue weighted by Crippen LogP contribution is 2.41. The van der Waals surface area contributed by atoms with Gasteiger partial charge < -0.3 is 10.1 Å². The topological polar surface area (TPSA) is 119 Å². The van der Waals surface area contributed by atoms with E-state index in [1.807, 2.05) is 0 Å². The number of thiazole rings is 1. The number of hydrogen-bond donors (Lipinski definition) is 1. The molecule has 0 radical (unpaired) electrons. The summed E-state index contributed by atoms with van der Waals surface area (Å²) in [5.74, 6) is -3.05. The van der Waals surface area contributed by atoms with Gasteiger partial charge in [0, 0.05) is 55.1 Å². The summed E-state index contributed by atoms with van der Waals surface area (Å²) >= 11 is 7.54. The first kappa shape index (κ1) is 28.3. The predicted molar refractivity (Wildman–Crippen MR) is 144 cm³/mol. The third kappa shape index (κ3) is 5.28. The molecule has 0 amide bonds. The molecular weight excluding hydrogens is 586 g/mol. The number of allylic oxidation sites excluding steroid dienone is 1. The number of halogens is 3. The molecule has 4 heterocycles. The van der Waals surface area contributed by atoms with Crippen molar-refractivity contribution < 1.29 is 26.7 Å². The van der Waals surface area contributed by atoms with Gasteiger partial charge in [0.1, 0.15) is 10.9 Å². The van der Waals surface area contributed by atoms with Crippen molar-refractivity contribution in [1.29, 1.82) is 0 Å². The number of amidine groups is 1. The normalized spacial score (nSPS) is 18.9. The lowest BCUT2D eigenvalue weighted by atomic mass is 9.86. The second-order valence-corrected chi connectivity index (χ2v) is 12.4. The fourth-order valence-corrected chi connectivity index (χ4v) is 7.11.